The highest BCUT2D eigenvalue weighted by molar-refractivity contribution is 8.14. The molecular formula is C11H19N3O2S. The third-order valence-electron chi connectivity index (χ3n) is 2.32. The number of nitrogens with zero attached hydrogens (tertiary/aromatic N) is 2. The van der Waals surface area contributed by atoms with Crippen molar-refractivity contribution in [1.29, 1.82) is 0 Å². The lowest BCUT2D eigenvalue weighted by Crippen LogP contribution is -2.35. The van der Waals surface area contributed by atoms with Crippen LogP contribution in [0.5, 0.6) is 0 Å². The third kappa shape index (κ3) is 4.38. The Morgan fingerprint density at radius 1 is 1.53 bits per heavy atom. The molecule has 96 valence electrons. The van der Waals surface area contributed by atoms with Crippen LogP contribution >= 0.6 is 11.8 Å². The van der Waals surface area contributed by atoms with Gasteiger partial charge in [-0.15, -0.1) is 0 Å². The first-order chi connectivity index (χ1) is 7.90. The molecule has 1 heterocycles. The van der Waals surface area contributed by atoms with E-state index in [4.69, 9.17) is 0 Å². The largest absolute Gasteiger partial charge is 0.347 e. The molecule has 0 unspecified atom stereocenters. The van der Waals surface area contributed by atoms with Crippen molar-refractivity contribution < 1.29 is 9.59 Å². The summed E-state index contributed by atoms with van der Waals surface area (Å²) in [5.74, 6) is 1.52. The zero-order valence-electron chi connectivity index (χ0n) is 10.7. The molecule has 0 aliphatic carbocycles. The van der Waals surface area contributed by atoms with Crippen LogP contribution in [0.3, 0.4) is 0 Å². The topological polar surface area (TPSA) is 61.8 Å². The first kappa shape index (κ1) is 14.0. The lowest BCUT2D eigenvalue weighted by atomic mass is 10.0. The van der Waals surface area contributed by atoms with Gasteiger partial charge < -0.3 is 10.2 Å². The summed E-state index contributed by atoms with van der Waals surface area (Å²) in [4.78, 5) is 28.9. The fourth-order valence-electron chi connectivity index (χ4n) is 1.53. The maximum Gasteiger partial charge on any atom is 0.284 e. The minimum atomic E-state index is -0.390. The Morgan fingerprint density at radius 3 is 2.59 bits per heavy atom. The number of hydrogen-bond donors (Lipinski definition) is 1. The summed E-state index contributed by atoms with van der Waals surface area (Å²) in [5, 5.41) is 2.56. The molecule has 0 aromatic heterocycles. The number of amidine groups is 1. The van der Waals surface area contributed by atoms with Gasteiger partial charge >= 0.3 is 0 Å². The fourth-order valence-corrected chi connectivity index (χ4v) is 2.14. The van der Waals surface area contributed by atoms with E-state index in [9.17, 15) is 9.59 Å². The molecule has 2 amide bonds. The van der Waals surface area contributed by atoms with Crippen LogP contribution in [0.2, 0.25) is 0 Å². The molecule has 1 saturated heterocycles. The molecule has 1 atom stereocenters. The zero-order chi connectivity index (χ0) is 13.0. The van der Waals surface area contributed by atoms with Gasteiger partial charge in [0.1, 0.15) is 11.9 Å². The van der Waals surface area contributed by atoms with Gasteiger partial charge in [0, 0.05) is 14.1 Å². The van der Waals surface area contributed by atoms with Crippen LogP contribution < -0.4 is 5.32 Å². The van der Waals surface area contributed by atoms with Crippen molar-refractivity contribution in [2.24, 2.45) is 10.9 Å². The van der Waals surface area contributed by atoms with Gasteiger partial charge in [0.05, 0.1) is 5.75 Å². The molecular weight excluding hydrogens is 238 g/mol. The smallest absolute Gasteiger partial charge is 0.284 e. The monoisotopic (exact) mass is 257 g/mol. The number of carbonyl (C=O) groups is 2. The molecule has 1 aliphatic rings. The Labute approximate surface area is 106 Å². The quantitative estimate of drug-likeness (QED) is 0.827. The lowest BCUT2D eigenvalue weighted by Gasteiger charge is -2.19. The molecule has 0 saturated carbocycles. The molecule has 0 bridgehead atoms. The van der Waals surface area contributed by atoms with Gasteiger partial charge in [0.15, 0.2) is 0 Å². The molecule has 1 fully saturated rings. The van der Waals surface area contributed by atoms with E-state index in [1.54, 1.807) is 19.0 Å². The summed E-state index contributed by atoms with van der Waals surface area (Å²) >= 11 is 1.18. The molecule has 5 nitrogen and oxygen atoms in total. The molecule has 1 aliphatic heterocycles. The molecule has 6 heteroatoms. The van der Waals surface area contributed by atoms with E-state index in [2.05, 4.69) is 24.2 Å². The summed E-state index contributed by atoms with van der Waals surface area (Å²) in [6, 6.07) is -0.390. The van der Waals surface area contributed by atoms with E-state index in [1.165, 1.54) is 11.8 Å². The maximum absolute atomic E-state index is 11.9. The second-order valence-electron chi connectivity index (χ2n) is 4.65. The highest BCUT2D eigenvalue weighted by Crippen LogP contribution is 2.14. The van der Waals surface area contributed by atoms with Crippen molar-refractivity contribution in [3.63, 3.8) is 0 Å². The third-order valence-corrected chi connectivity index (χ3v) is 3.10. The van der Waals surface area contributed by atoms with Crippen LogP contribution in [-0.4, -0.2) is 47.8 Å². The Hall–Kier alpha value is -1.04. The number of thioether (sulfide) groups is 1. The minimum Gasteiger partial charge on any atom is -0.347 e. The number of carbonyl (C=O) groups excluding carboxylic acids is 2. The predicted octanol–water partition coefficient (Wildman–Crippen LogP) is 1.34. The van der Waals surface area contributed by atoms with Crippen molar-refractivity contribution >= 4 is 28.7 Å². The SMILES string of the molecule is CC(C)C[C@H](N=C1CSC(=O)N1)C(=O)N(C)C. The molecule has 0 spiro atoms. The zero-order valence-corrected chi connectivity index (χ0v) is 11.5. The van der Waals surface area contributed by atoms with Gasteiger partial charge in [0.25, 0.3) is 5.24 Å². The average Bonchev–Trinajstić information content (AvgIpc) is 2.61. The summed E-state index contributed by atoms with van der Waals surface area (Å²) < 4.78 is 0. The molecule has 0 radical (unpaired) electrons. The van der Waals surface area contributed by atoms with E-state index in [0.29, 0.717) is 23.9 Å². The Morgan fingerprint density at radius 2 is 2.18 bits per heavy atom. The van der Waals surface area contributed by atoms with Crippen molar-refractivity contribution in [3.8, 4) is 0 Å². The van der Waals surface area contributed by atoms with Gasteiger partial charge in [-0.3, -0.25) is 14.6 Å². The number of aliphatic imine (C=N–C) groups is 1. The second kappa shape index (κ2) is 6.05. The van der Waals surface area contributed by atoms with Crippen LogP contribution in [0.1, 0.15) is 20.3 Å². The highest BCUT2D eigenvalue weighted by atomic mass is 32.2. The standard InChI is InChI=1S/C11H19N3O2S/c1-7(2)5-8(10(15)14(3)4)12-9-6-17-11(16)13-9/h7-8H,5-6H2,1-4H3,(H,12,13,16)/t8-/m0/s1. The lowest BCUT2D eigenvalue weighted by molar-refractivity contribution is -0.130. The predicted molar refractivity (Wildman–Crippen MR) is 70.4 cm³/mol. The number of hydrogen-bond acceptors (Lipinski definition) is 4. The number of likely N-dealkylation sites (N-methyl/N-ethyl adjacent to an activating group) is 1. The first-order valence-electron chi connectivity index (χ1n) is 5.61. The van der Waals surface area contributed by atoms with Crippen molar-refractivity contribution in [1.82, 2.24) is 10.2 Å². The number of rotatable bonds is 4. The molecule has 1 N–H and O–H groups in total. The van der Waals surface area contributed by atoms with E-state index in [1.807, 2.05) is 0 Å². The Kier molecular flexibility index (Phi) is 4.99. The Balaban J connectivity index is 2.76. The number of nitrogens with one attached hydrogen (secondary N) is 1. The summed E-state index contributed by atoms with van der Waals surface area (Å²) in [6.07, 6.45) is 0.695. The van der Waals surface area contributed by atoms with Crippen LogP contribution in [0.15, 0.2) is 4.99 Å². The summed E-state index contributed by atoms with van der Waals surface area (Å²) in [6.45, 7) is 4.11. The van der Waals surface area contributed by atoms with Gasteiger partial charge in [-0.2, -0.15) is 0 Å². The maximum atomic E-state index is 11.9. The van der Waals surface area contributed by atoms with Crippen molar-refractivity contribution in [2.45, 2.75) is 26.3 Å². The Bertz CT molecular complexity index is 340. The van der Waals surface area contributed by atoms with Crippen LogP contribution in [0.4, 0.5) is 4.79 Å². The fraction of sp³-hybridized carbons (Fsp3) is 0.727. The summed E-state index contributed by atoms with van der Waals surface area (Å²) in [7, 11) is 3.44. The van der Waals surface area contributed by atoms with Crippen LogP contribution in [-0.2, 0) is 4.79 Å². The molecule has 1 rings (SSSR count). The van der Waals surface area contributed by atoms with Crippen LogP contribution in [0, 0.1) is 5.92 Å². The van der Waals surface area contributed by atoms with E-state index in [0.717, 1.165) is 0 Å². The van der Waals surface area contributed by atoms with Gasteiger partial charge in [-0.1, -0.05) is 25.6 Å². The van der Waals surface area contributed by atoms with Crippen LogP contribution in [0.25, 0.3) is 0 Å². The highest BCUT2D eigenvalue weighted by Gasteiger charge is 2.24. The minimum absolute atomic E-state index is 0.0163. The second-order valence-corrected chi connectivity index (χ2v) is 5.60. The number of amides is 2. The van der Waals surface area contributed by atoms with Gasteiger partial charge in [0.2, 0.25) is 5.91 Å². The van der Waals surface area contributed by atoms with Gasteiger partial charge in [-0.05, 0) is 12.3 Å². The normalized spacial score (nSPS) is 19.6. The van der Waals surface area contributed by atoms with Crippen molar-refractivity contribution in [3.05, 3.63) is 0 Å². The summed E-state index contributed by atoms with van der Waals surface area (Å²) in [5.41, 5.74) is 0. The molecule has 17 heavy (non-hydrogen) atoms. The van der Waals surface area contributed by atoms with E-state index in [-0.39, 0.29) is 17.2 Å². The van der Waals surface area contributed by atoms with Gasteiger partial charge in [-0.25, -0.2) is 0 Å². The molecule has 0 aromatic carbocycles. The van der Waals surface area contributed by atoms with E-state index >= 15 is 0 Å². The van der Waals surface area contributed by atoms with Crippen molar-refractivity contribution in [2.75, 3.05) is 19.8 Å². The molecule has 0 aromatic rings. The van der Waals surface area contributed by atoms with E-state index < -0.39 is 0 Å². The average molecular weight is 257 g/mol. The first-order valence-corrected chi connectivity index (χ1v) is 6.60.